The van der Waals surface area contributed by atoms with E-state index in [2.05, 4.69) is 15.5 Å². The fourth-order valence-electron chi connectivity index (χ4n) is 2.71. The van der Waals surface area contributed by atoms with Crippen LogP contribution in [0.2, 0.25) is 0 Å². The van der Waals surface area contributed by atoms with Crippen molar-refractivity contribution in [1.29, 1.82) is 0 Å². The van der Waals surface area contributed by atoms with Gasteiger partial charge in [0.1, 0.15) is 0 Å². The second-order valence-corrected chi connectivity index (χ2v) is 5.11. The number of amides is 1. The fraction of sp³-hybridized carbons (Fsp3) is 0.917. The molecule has 0 spiro atoms. The third kappa shape index (κ3) is 4.45. The maximum Gasteiger partial charge on any atom is 0.234 e. The Hall–Kier alpha value is -0.320. The lowest BCUT2D eigenvalue weighted by Crippen LogP contribution is -2.44. The van der Waals surface area contributed by atoms with E-state index in [-0.39, 0.29) is 18.3 Å². The number of carbonyl (C=O) groups excluding carboxylic acids is 1. The van der Waals surface area contributed by atoms with Crippen molar-refractivity contribution in [3.63, 3.8) is 0 Å². The molecule has 0 aromatic carbocycles. The van der Waals surface area contributed by atoms with Gasteiger partial charge in [-0.05, 0) is 32.9 Å². The van der Waals surface area contributed by atoms with Crippen LogP contribution in [0.1, 0.15) is 32.1 Å². The molecule has 1 heterocycles. The van der Waals surface area contributed by atoms with Gasteiger partial charge in [0.25, 0.3) is 0 Å². The lowest BCUT2D eigenvalue weighted by atomic mass is 10.2. The molecule has 5 heteroatoms. The Morgan fingerprint density at radius 2 is 2.06 bits per heavy atom. The standard InChI is InChI=1S/C12H23N3O.ClH/c1-15(11-6-7-13-8-11)9-12(16)14-10-4-2-3-5-10;/h10-11,13H,2-9H2,1H3,(H,14,16);1H. The molecule has 0 aromatic heterocycles. The van der Waals surface area contributed by atoms with Gasteiger partial charge in [-0.3, -0.25) is 9.69 Å². The van der Waals surface area contributed by atoms with Crippen molar-refractivity contribution >= 4 is 18.3 Å². The van der Waals surface area contributed by atoms with E-state index < -0.39 is 0 Å². The van der Waals surface area contributed by atoms with E-state index in [9.17, 15) is 4.79 Å². The van der Waals surface area contributed by atoms with Crippen LogP contribution in [0.3, 0.4) is 0 Å². The minimum Gasteiger partial charge on any atom is -0.352 e. The highest BCUT2D eigenvalue weighted by atomic mass is 35.5. The highest BCUT2D eigenvalue weighted by molar-refractivity contribution is 5.85. The zero-order valence-electron chi connectivity index (χ0n) is 10.6. The molecule has 1 aliphatic heterocycles. The van der Waals surface area contributed by atoms with Crippen molar-refractivity contribution in [2.75, 3.05) is 26.7 Å². The maximum absolute atomic E-state index is 11.8. The Bertz CT molecular complexity index is 238. The third-order valence-electron chi connectivity index (χ3n) is 3.77. The molecule has 0 bridgehead atoms. The maximum atomic E-state index is 11.8. The van der Waals surface area contributed by atoms with Crippen LogP contribution < -0.4 is 10.6 Å². The van der Waals surface area contributed by atoms with Crippen LogP contribution in [0.25, 0.3) is 0 Å². The number of rotatable bonds is 4. The third-order valence-corrected chi connectivity index (χ3v) is 3.77. The number of carbonyl (C=O) groups is 1. The smallest absolute Gasteiger partial charge is 0.234 e. The summed E-state index contributed by atoms with van der Waals surface area (Å²) in [6, 6.07) is 0.983. The second-order valence-electron chi connectivity index (χ2n) is 5.11. The van der Waals surface area contributed by atoms with E-state index in [1.54, 1.807) is 0 Å². The molecule has 0 radical (unpaired) electrons. The number of halogens is 1. The Balaban J connectivity index is 0.00000144. The average molecular weight is 262 g/mol. The average Bonchev–Trinajstić information content (AvgIpc) is 2.88. The van der Waals surface area contributed by atoms with Gasteiger partial charge >= 0.3 is 0 Å². The normalized spacial score (nSPS) is 24.9. The van der Waals surface area contributed by atoms with Gasteiger partial charge in [-0.25, -0.2) is 0 Å². The molecule has 2 N–H and O–H groups in total. The molecular formula is C12H24ClN3O. The van der Waals surface area contributed by atoms with Gasteiger partial charge in [-0.2, -0.15) is 0 Å². The SMILES string of the molecule is CN(CC(=O)NC1CCCC1)C1CCNC1.Cl. The zero-order valence-corrected chi connectivity index (χ0v) is 11.4. The summed E-state index contributed by atoms with van der Waals surface area (Å²) < 4.78 is 0. The molecule has 2 fully saturated rings. The van der Waals surface area contributed by atoms with E-state index in [1.807, 2.05) is 7.05 Å². The summed E-state index contributed by atoms with van der Waals surface area (Å²) in [7, 11) is 2.05. The molecule has 0 aromatic rings. The van der Waals surface area contributed by atoms with E-state index in [0.29, 0.717) is 18.6 Å². The van der Waals surface area contributed by atoms with Gasteiger partial charge in [0.15, 0.2) is 0 Å². The quantitative estimate of drug-likeness (QED) is 0.786. The first-order chi connectivity index (χ1) is 7.75. The van der Waals surface area contributed by atoms with Crippen LogP contribution in [-0.2, 0) is 4.79 Å². The van der Waals surface area contributed by atoms with Gasteiger partial charge in [-0.1, -0.05) is 12.8 Å². The van der Waals surface area contributed by atoms with Gasteiger partial charge < -0.3 is 10.6 Å². The number of nitrogens with one attached hydrogen (secondary N) is 2. The minimum absolute atomic E-state index is 0. The summed E-state index contributed by atoms with van der Waals surface area (Å²) in [6.45, 7) is 2.65. The monoisotopic (exact) mass is 261 g/mol. The van der Waals surface area contributed by atoms with Gasteiger partial charge in [-0.15, -0.1) is 12.4 Å². The van der Waals surface area contributed by atoms with E-state index >= 15 is 0 Å². The molecule has 2 rings (SSSR count). The zero-order chi connectivity index (χ0) is 11.4. The highest BCUT2D eigenvalue weighted by Crippen LogP contribution is 2.17. The molecule has 1 saturated heterocycles. The molecular weight excluding hydrogens is 238 g/mol. The molecule has 4 nitrogen and oxygen atoms in total. The number of hydrogen-bond donors (Lipinski definition) is 2. The Morgan fingerprint density at radius 3 is 2.65 bits per heavy atom. The Kier molecular flexibility index (Phi) is 6.23. The number of hydrogen-bond acceptors (Lipinski definition) is 3. The first-order valence-electron chi connectivity index (χ1n) is 6.46. The van der Waals surface area contributed by atoms with Crippen molar-refractivity contribution < 1.29 is 4.79 Å². The van der Waals surface area contributed by atoms with E-state index in [4.69, 9.17) is 0 Å². The van der Waals surface area contributed by atoms with Crippen LogP contribution in [0.15, 0.2) is 0 Å². The summed E-state index contributed by atoms with van der Waals surface area (Å²) in [5.74, 6) is 0.196. The van der Waals surface area contributed by atoms with Crippen LogP contribution >= 0.6 is 12.4 Å². The summed E-state index contributed by atoms with van der Waals surface area (Å²) >= 11 is 0. The molecule has 1 saturated carbocycles. The van der Waals surface area contributed by atoms with Crippen molar-refractivity contribution in [1.82, 2.24) is 15.5 Å². The number of likely N-dealkylation sites (N-methyl/N-ethyl adjacent to an activating group) is 1. The molecule has 1 amide bonds. The largest absolute Gasteiger partial charge is 0.352 e. The first-order valence-corrected chi connectivity index (χ1v) is 6.46. The predicted molar refractivity (Wildman–Crippen MR) is 71.6 cm³/mol. The second kappa shape index (κ2) is 7.19. The van der Waals surface area contributed by atoms with E-state index in [0.717, 1.165) is 19.5 Å². The highest BCUT2D eigenvalue weighted by Gasteiger charge is 2.22. The molecule has 1 unspecified atom stereocenters. The Morgan fingerprint density at radius 1 is 1.35 bits per heavy atom. The first kappa shape index (κ1) is 14.7. The van der Waals surface area contributed by atoms with Crippen molar-refractivity contribution in [2.24, 2.45) is 0 Å². The van der Waals surface area contributed by atoms with Gasteiger partial charge in [0, 0.05) is 18.6 Å². The molecule has 1 atom stereocenters. The molecule has 100 valence electrons. The molecule has 2 aliphatic rings. The lowest BCUT2D eigenvalue weighted by molar-refractivity contribution is -0.123. The summed E-state index contributed by atoms with van der Waals surface area (Å²) in [4.78, 5) is 14.0. The van der Waals surface area contributed by atoms with Crippen molar-refractivity contribution in [3.05, 3.63) is 0 Å². The fourth-order valence-corrected chi connectivity index (χ4v) is 2.71. The molecule has 17 heavy (non-hydrogen) atoms. The van der Waals surface area contributed by atoms with Gasteiger partial charge in [0.2, 0.25) is 5.91 Å². The van der Waals surface area contributed by atoms with E-state index in [1.165, 1.54) is 25.7 Å². The number of nitrogens with zero attached hydrogens (tertiary/aromatic N) is 1. The minimum atomic E-state index is 0. The topological polar surface area (TPSA) is 44.4 Å². The summed E-state index contributed by atoms with van der Waals surface area (Å²) in [5.41, 5.74) is 0. The van der Waals surface area contributed by atoms with Crippen LogP contribution in [0, 0.1) is 0 Å². The molecule has 1 aliphatic carbocycles. The Labute approximate surface area is 110 Å². The van der Waals surface area contributed by atoms with Crippen molar-refractivity contribution in [2.45, 2.75) is 44.2 Å². The lowest BCUT2D eigenvalue weighted by Gasteiger charge is -2.23. The van der Waals surface area contributed by atoms with Gasteiger partial charge in [0.05, 0.1) is 6.54 Å². The van der Waals surface area contributed by atoms with Crippen LogP contribution in [0.4, 0.5) is 0 Å². The summed E-state index contributed by atoms with van der Waals surface area (Å²) in [6.07, 6.45) is 6.04. The predicted octanol–water partition coefficient (Wildman–Crippen LogP) is 0.761. The van der Waals surface area contributed by atoms with Crippen LogP contribution in [-0.4, -0.2) is 49.6 Å². The van der Waals surface area contributed by atoms with Crippen molar-refractivity contribution in [3.8, 4) is 0 Å². The summed E-state index contributed by atoms with van der Waals surface area (Å²) in [5, 5.41) is 6.46. The van der Waals surface area contributed by atoms with Crippen LogP contribution in [0.5, 0.6) is 0 Å².